The zero-order valence-corrected chi connectivity index (χ0v) is 14.0. The number of nitrogens with one attached hydrogen (secondary N) is 2. The molecule has 0 fully saturated rings. The number of nitrogens with zero attached hydrogens (tertiary/aromatic N) is 2. The molecular formula is C15H17ClN4OS. The van der Waals surface area contributed by atoms with Crippen LogP contribution in [0.2, 0.25) is 5.15 Å². The van der Waals surface area contributed by atoms with Crippen LogP contribution in [-0.2, 0) is 4.74 Å². The first-order valence-corrected chi connectivity index (χ1v) is 7.51. The number of aryl methyl sites for hydroxylation is 1. The lowest BCUT2D eigenvalue weighted by atomic mass is 10.1. The van der Waals surface area contributed by atoms with Gasteiger partial charge in [-0.1, -0.05) is 23.7 Å². The lowest BCUT2D eigenvalue weighted by Crippen LogP contribution is -2.34. The van der Waals surface area contributed by atoms with Gasteiger partial charge < -0.3 is 10.1 Å². The minimum absolute atomic E-state index is 0.405. The Hall–Kier alpha value is -1.76. The van der Waals surface area contributed by atoms with Crippen LogP contribution in [0.15, 0.2) is 29.4 Å². The van der Waals surface area contributed by atoms with Crippen LogP contribution >= 0.6 is 23.8 Å². The molecular weight excluding hydrogens is 320 g/mol. The van der Waals surface area contributed by atoms with Crippen LogP contribution in [0.1, 0.15) is 11.1 Å². The van der Waals surface area contributed by atoms with Crippen molar-refractivity contribution in [3.8, 4) is 0 Å². The Labute approximate surface area is 139 Å². The van der Waals surface area contributed by atoms with E-state index in [1.165, 1.54) is 0 Å². The molecule has 0 saturated heterocycles. The molecule has 0 radical (unpaired) electrons. The fraction of sp³-hybridized carbons (Fsp3) is 0.267. The summed E-state index contributed by atoms with van der Waals surface area (Å²) in [7, 11) is 1.63. The molecule has 0 amide bonds. The third-order valence-corrected chi connectivity index (χ3v) is 3.45. The molecule has 1 aromatic heterocycles. The molecule has 0 bridgehead atoms. The van der Waals surface area contributed by atoms with Crippen LogP contribution in [0, 0.1) is 6.92 Å². The predicted molar refractivity (Wildman–Crippen MR) is 94.7 cm³/mol. The van der Waals surface area contributed by atoms with E-state index in [1.54, 1.807) is 13.3 Å². The first kappa shape index (κ1) is 16.6. The Bertz CT molecular complexity index is 705. The number of pyridine rings is 1. The zero-order chi connectivity index (χ0) is 15.9. The van der Waals surface area contributed by atoms with E-state index in [1.807, 2.05) is 31.2 Å². The maximum absolute atomic E-state index is 6.18. The summed E-state index contributed by atoms with van der Waals surface area (Å²) < 4.78 is 4.92. The van der Waals surface area contributed by atoms with E-state index in [2.05, 4.69) is 20.8 Å². The van der Waals surface area contributed by atoms with E-state index in [9.17, 15) is 0 Å². The highest BCUT2D eigenvalue weighted by Gasteiger charge is 2.03. The molecule has 7 heteroatoms. The second-order valence-electron chi connectivity index (χ2n) is 4.68. The molecule has 5 nitrogen and oxygen atoms in total. The van der Waals surface area contributed by atoms with E-state index in [0.29, 0.717) is 23.4 Å². The number of hydrazone groups is 1. The molecule has 1 heterocycles. The summed E-state index contributed by atoms with van der Waals surface area (Å²) in [5.41, 5.74) is 5.46. The summed E-state index contributed by atoms with van der Waals surface area (Å²) in [4.78, 5) is 4.38. The van der Waals surface area contributed by atoms with E-state index in [-0.39, 0.29) is 0 Å². The topological polar surface area (TPSA) is 58.5 Å². The van der Waals surface area contributed by atoms with Crippen LogP contribution in [0.4, 0.5) is 0 Å². The van der Waals surface area contributed by atoms with Crippen molar-refractivity contribution in [2.75, 3.05) is 20.3 Å². The molecule has 0 aliphatic rings. The smallest absolute Gasteiger partial charge is 0.187 e. The minimum atomic E-state index is 0.405. The van der Waals surface area contributed by atoms with Crippen LogP contribution in [0.5, 0.6) is 0 Å². The molecule has 0 unspecified atom stereocenters. The number of thiocarbonyl (C=S) groups is 1. The first-order valence-electron chi connectivity index (χ1n) is 6.73. The second-order valence-corrected chi connectivity index (χ2v) is 5.45. The Balaban J connectivity index is 2.04. The van der Waals surface area contributed by atoms with Crippen molar-refractivity contribution in [3.63, 3.8) is 0 Å². The lowest BCUT2D eigenvalue weighted by molar-refractivity contribution is 0.204. The predicted octanol–water partition coefficient (Wildman–Crippen LogP) is 2.64. The summed E-state index contributed by atoms with van der Waals surface area (Å²) in [5, 5.41) is 8.86. The van der Waals surface area contributed by atoms with Crippen molar-refractivity contribution >= 4 is 46.0 Å². The van der Waals surface area contributed by atoms with Gasteiger partial charge in [0, 0.05) is 24.6 Å². The Morgan fingerprint density at radius 1 is 1.45 bits per heavy atom. The van der Waals surface area contributed by atoms with E-state index in [0.717, 1.165) is 22.0 Å². The number of aromatic nitrogens is 1. The number of hydrogen-bond donors (Lipinski definition) is 2. The van der Waals surface area contributed by atoms with Gasteiger partial charge in [0.1, 0.15) is 5.15 Å². The normalized spacial score (nSPS) is 11.0. The summed E-state index contributed by atoms with van der Waals surface area (Å²) in [6.07, 6.45) is 1.60. The first-order chi connectivity index (χ1) is 10.6. The quantitative estimate of drug-likeness (QED) is 0.289. The zero-order valence-electron chi connectivity index (χ0n) is 12.4. The summed E-state index contributed by atoms with van der Waals surface area (Å²) in [5.74, 6) is 0. The Morgan fingerprint density at radius 2 is 2.27 bits per heavy atom. The molecule has 0 aliphatic heterocycles. The highest BCUT2D eigenvalue weighted by molar-refractivity contribution is 7.80. The molecule has 0 saturated carbocycles. The van der Waals surface area contributed by atoms with Crippen molar-refractivity contribution in [2.24, 2.45) is 5.10 Å². The van der Waals surface area contributed by atoms with Gasteiger partial charge in [-0.3, -0.25) is 5.43 Å². The lowest BCUT2D eigenvalue weighted by Gasteiger charge is -2.06. The number of rotatable bonds is 5. The fourth-order valence-electron chi connectivity index (χ4n) is 1.83. The number of benzene rings is 1. The number of fused-ring (bicyclic) bond motifs is 1. The average molecular weight is 337 g/mol. The van der Waals surface area contributed by atoms with Gasteiger partial charge in [-0.25, -0.2) is 4.98 Å². The monoisotopic (exact) mass is 336 g/mol. The minimum Gasteiger partial charge on any atom is -0.383 e. The van der Waals surface area contributed by atoms with Gasteiger partial charge in [-0.05, 0) is 36.8 Å². The molecule has 0 aliphatic carbocycles. The van der Waals surface area contributed by atoms with Crippen molar-refractivity contribution < 1.29 is 4.74 Å². The van der Waals surface area contributed by atoms with E-state index < -0.39 is 0 Å². The third-order valence-electron chi connectivity index (χ3n) is 2.92. The van der Waals surface area contributed by atoms with Gasteiger partial charge >= 0.3 is 0 Å². The van der Waals surface area contributed by atoms with Crippen molar-refractivity contribution in [1.29, 1.82) is 0 Å². The van der Waals surface area contributed by atoms with Crippen molar-refractivity contribution in [2.45, 2.75) is 6.92 Å². The van der Waals surface area contributed by atoms with Crippen molar-refractivity contribution in [3.05, 3.63) is 40.5 Å². The van der Waals surface area contributed by atoms with Gasteiger partial charge in [-0.2, -0.15) is 5.10 Å². The molecule has 2 aromatic rings. The van der Waals surface area contributed by atoms with Gasteiger partial charge in [-0.15, -0.1) is 0 Å². The van der Waals surface area contributed by atoms with Gasteiger partial charge in [0.25, 0.3) is 0 Å². The van der Waals surface area contributed by atoms with Crippen LogP contribution < -0.4 is 10.7 Å². The number of hydrogen-bond acceptors (Lipinski definition) is 4. The van der Waals surface area contributed by atoms with Crippen LogP contribution in [0.3, 0.4) is 0 Å². The molecule has 2 rings (SSSR count). The number of ether oxygens (including phenoxy) is 1. The highest BCUT2D eigenvalue weighted by atomic mass is 35.5. The average Bonchev–Trinajstić information content (AvgIpc) is 2.48. The SMILES string of the molecule is COCCNC(=S)N/N=C\c1cc2ccc(C)cc2nc1Cl. The molecule has 0 atom stereocenters. The number of methoxy groups -OCH3 is 1. The summed E-state index contributed by atoms with van der Waals surface area (Å²) in [6, 6.07) is 7.98. The van der Waals surface area contributed by atoms with Gasteiger partial charge in [0.2, 0.25) is 0 Å². The second kappa shape index (κ2) is 8.03. The third kappa shape index (κ3) is 4.62. The maximum atomic E-state index is 6.18. The summed E-state index contributed by atoms with van der Waals surface area (Å²) in [6.45, 7) is 3.21. The highest BCUT2D eigenvalue weighted by Crippen LogP contribution is 2.20. The van der Waals surface area contributed by atoms with Gasteiger partial charge in [0.15, 0.2) is 5.11 Å². The van der Waals surface area contributed by atoms with E-state index in [4.69, 9.17) is 28.6 Å². The largest absolute Gasteiger partial charge is 0.383 e. The van der Waals surface area contributed by atoms with Crippen LogP contribution in [0.25, 0.3) is 10.9 Å². The molecule has 1 aromatic carbocycles. The summed E-state index contributed by atoms with van der Waals surface area (Å²) >= 11 is 11.2. The maximum Gasteiger partial charge on any atom is 0.187 e. The number of halogens is 1. The van der Waals surface area contributed by atoms with Crippen molar-refractivity contribution in [1.82, 2.24) is 15.7 Å². The Morgan fingerprint density at radius 3 is 3.05 bits per heavy atom. The standard InChI is InChI=1S/C15H17ClN4OS/c1-10-3-4-11-8-12(14(16)19-13(11)7-10)9-18-20-15(22)17-5-6-21-2/h3-4,7-9H,5-6H2,1-2H3,(H2,17,20,22)/b18-9-. The van der Waals surface area contributed by atoms with Crippen LogP contribution in [-0.4, -0.2) is 36.6 Å². The molecule has 2 N–H and O–H groups in total. The molecule has 0 spiro atoms. The van der Waals surface area contributed by atoms with E-state index >= 15 is 0 Å². The van der Waals surface area contributed by atoms with Gasteiger partial charge in [0.05, 0.1) is 18.3 Å². The Kier molecular flexibility index (Phi) is 6.06. The molecule has 116 valence electrons. The fourth-order valence-corrected chi connectivity index (χ4v) is 2.18. The molecule has 22 heavy (non-hydrogen) atoms.